The van der Waals surface area contributed by atoms with Crippen LogP contribution in [0.25, 0.3) is 0 Å². The number of hydrogen-bond donors (Lipinski definition) is 1. The minimum Gasteiger partial charge on any atom is -0.493 e. The Kier molecular flexibility index (Phi) is 6.11. The van der Waals surface area contributed by atoms with Crippen LogP contribution in [0.3, 0.4) is 0 Å². The van der Waals surface area contributed by atoms with E-state index in [4.69, 9.17) is 27.5 Å². The van der Waals surface area contributed by atoms with E-state index < -0.39 is 0 Å². The Labute approximate surface area is 146 Å². The second-order valence-corrected chi connectivity index (χ2v) is 5.42. The molecule has 2 aromatic rings. The summed E-state index contributed by atoms with van der Waals surface area (Å²) in [5, 5.41) is 3.11. The van der Waals surface area contributed by atoms with E-state index in [1.165, 1.54) is 7.11 Å². The van der Waals surface area contributed by atoms with E-state index >= 15 is 0 Å². The molecule has 0 aromatic heterocycles. The largest absolute Gasteiger partial charge is 0.493 e. The number of carbonyl (C=O) groups excluding carboxylic acids is 1. The van der Waals surface area contributed by atoms with Crippen LogP contribution in [0.1, 0.15) is 29.3 Å². The number of halogens is 1. The van der Waals surface area contributed by atoms with Crippen molar-refractivity contribution in [3.63, 3.8) is 0 Å². The molecule has 0 radical (unpaired) electrons. The van der Waals surface area contributed by atoms with Gasteiger partial charge in [0.05, 0.1) is 18.7 Å². The first kappa shape index (κ1) is 17.7. The highest BCUT2D eigenvalue weighted by atomic mass is 35.5. The van der Waals surface area contributed by atoms with Crippen LogP contribution >= 0.6 is 11.6 Å². The molecule has 1 N–H and O–H groups in total. The molecular weight excluding hydrogens is 326 g/mol. The second-order valence-electron chi connectivity index (χ2n) is 5.02. The molecule has 0 saturated carbocycles. The summed E-state index contributed by atoms with van der Waals surface area (Å²) in [6.45, 7) is 2.51. The van der Waals surface area contributed by atoms with Gasteiger partial charge in [0.25, 0.3) is 5.91 Å². The molecule has 0 aliphatic heterocycles. The molecule has 5 heteroatoms. The third kappa shape index (κ3) is 4.21. The van der Waals surface area contributed by atoms with Crippen LogP contribution in [-0.2, 0) is 0 Å². The third-order valence-electron chi connectivity index (χ3n) is 3.23. The first-order valence-corrected chi connectivity index (χ1v) is 7.85. The number of amides is 1. The van der Waals surface area contributed by atoms with Crippen LogP contribution in [0, 0.1) is 12.3 Å². The summed E-state index contributed by atoms with van der Waals surface area (Å²) >= 11 is 6.23. The summed E-state index contributed by atoms with van der Waals surface area (Å²) < 4.78 is 10.9. The number of ether oxygens (including phenoxy) is 2. The van der Waals surface area contributed by atoms with E-state index in [1.807, 2.05) is 6.92 Å². The highest BCUT2D eigenvalue weighted by Crippen LogP contribution is 2.36. The van der Waals surface area contributed by atoms with Crippen LogP contribution < -0.4 is 14.8 Å². The van der Waals surface area contributed by atoms with Crippen molar-refractivity contribution in [2.24, 2.45) is 0 Å². The molecule has 0 bridgehead atoms. The molecule has 0 fully saturated rings. The van der Waals surface area contributed by atoms with Crippen LogP contribution in [0.15, 0.2) is 36.4 Å². The number of rotatable bonds is 6. The zero-order valence-electron chi connectivity index (χ0n) is 13.6. The maximum Gasteiger partial charge on any atom is 0.255 e. The summed E-state index contributed by atoms with van der Waals surface area (Å²) in [6.07, 6.45) is 6.20. The van der Waals surface area contributed by atoms with E-state index in [9.17, 15) is 4.79 Å². The van der Waals surface area contributed by atoms with Crippen molar-refractivity contribution in [3.8, 4) is 23.8 Å². The summed E-state index contributed by atoms with van der Waals surface area (Å²) in [5.41, 5.74) is 1.66. The van der Waals surface area contributed by atoms with Crippen molar-refractivity contribution in [3.05, 3.63) is 52.5 Å². The van der Waals surface area contributed by atoms with Crippen molar-refractivity contribution in [1.82, 2.24) is 0 Å². The first-order valence-electron chi connectivity index (χ1n) is 7.47. The fraction of sp³-hybridized carbons (Fsp3) is 0.211. The number of nitrogens with one attached hydrogen (secondary N) is 1. The van der Waals surface area contributed by atoms with Gasteiger partial charge in [-0.2, -0.15) is 0 Å². The maximum atomic E-state index is 12.4. The molecule has 0 spiro atoms. The SMILES string of the molecule is C#Cc1cccc(NC(=O)c2cc(Cl)c(OCCC)c(OC)c2)c1. The molecule has 0 unspecified atom stereocenters. The van der Waals surface area contributed by atoms with Gasteiger partial charge in [0, 0.05) is 16.8 Å². The molecule has 2 rings (SSSR count). The average molecular weight is 344 g/mol. The van der Waals surface area contributed by atoms with E-state index in [1.54, 1.807) is 36.4 Å². The Balaban J connectivity index is 2.26. The zero-order valence-corrected chi connectivity index (χ0v) is 14.3. The smallest absolute Gasteiger partial charge is 0.255 e. The molecule has 0 aliphatic rings. The lowest BCUT2D eigenvalue weighted by Crippen LogP contribution is -2.12. The molecule has 124 valence electrons. The lowest BCUT2D eigenvalue weighted by Gasteiger charge is -2.14. The molecular formula is C19H18ClNO3. The lowest BCUT2D eigenvalue weighted by molar-refractivity contribution is 0.102. The van der Waals surface area contributed by atoms with Crippen molar-refractivity contribution in [2.45, 2.75) is 13.3 Å². The molecule has 1 amide bonds. The number of carbonyl (C=O) groups is 1. The first-order chi connectivity index (χ1) is 11.6. The summed E-state index contributed by atoms with van der Waals surface area (Å²) in [7, 11) is 1.50. The average Bonchev–Trinajstić information content (AvgIpc) is 2.60. The Morgan fingerprint density at radius 3 is 2.79 bits per heavy atom. The zero-order chi connectivity index (χ0) is 17.5. The lowest BCUT2D eigenvalue weighted by atomic mass is 10.1. The van der Waals surface area contributed by atoms with Gasteiger partial charge in [0.2, 0.25) is 0 Å². The van der Waals surface area contributed by atoms with Crippen molar-refractivity contribution in [1.29, 1.82) is 0 Å². The number of methoxy groups -OCH3 is 1. The Morgan fingerprint density at radius 1 is 1.33 bits per heavy atom. The van der Waals surface area contributed by atoms with Crippen molar-refractivity contribution in [2.75, 3.05) is 19.0 Å². The van der Waals surface area contributed by atoms with E-state index in [-0.39, 0.29) is 5.91 Å². The second kappa shape index (κ2) is 8.28. The van der Waals surface area contributed by atoms with Crippen LogP contribution in [0.2, 0.25) is 5.02 Å². The molecule has 0 saturated heterocycles. The number of anilines is 1. The van der Waals surface area contributed by atoms with Crippen LogP contribution in [-0.4, -0.2) is 19.6 Å². The van der Waals surface area contributed by atoms with Crippen molar-refractivity contribution < 1.29 is 14.3 Å². The predicted molar refractivity (Wildman–Crippen MR) is 96.1 cm³/mol. The standard InChI is InChI=1S/C19H18ClNO3/c1-4-9-24-18-16(20)11-14(12-17(18)23-3)19(22)21-15-8-6-7-13(5-2)10-15/h2,6-8,10-12H,4,9H2,1,3H3,(H,21,22). The van der Waals surface area contributed by atoms with Gasteiger partial charge in [-0.05, 0) is 36.8 Å². The number of terminal acetylenes is 1. The van der Waals surface area contributed by atoms with Crippen LogP contribution in [0.5, 0.6) is 11.5 Å². The Bertz CT molecular complexity index is 781. The quantitative estimate of drug-likeness (QED) is 0.792. The Hall–Kier alpha value is -2.64. The summed E-state index contributed by atoms with van der Waals surface area (Å²) in [4.78, 5) is 12.4. The Morgan fingerprint density at radius 2 is 2.12 bits per heavy atom. The fourth-order valence-electron chi connectivity index (χ4n) is 2.09. The molecule has 24 heavy (non-hydrogen) atoms. The number of benzene rings is 2. The molecule has 4 nitrogen and oxygen atoms in total. The highest BCUT2D eigenvalue weighted by molar-refractivity contribution is 6.32. The normalized spacial score (nSPS) is 9.92. The molecule has 0 atom stereocenters. The molecule has 0 heterocycles. The van der Waals surface area contributed by atoms with E-state index in [0.29, 0.717) is 39.9 Å². The van der Waals surface area contributed by atoms with Crippen molar-refractivity contribution >= 4 is 23.2 Å². The van der Waals surface area contributed by atoms with Crippen LogP contribution in [0.4, 0.5) is 5.69 Å². The van der Waals surface area contributed by atoms with Gasteiger partial charge in [0.15, 0.2) is 11.5 Å². The summed E-state index contributed by atoms with van der Waals surface area (Å²) in [5.74, 6) is 3.06. The minimum absolute atomic E-state index is 0.314. The fourth-order valence-corrected chi connectivity index (χ4v) is 2.35. The molecule has 0 aliphatic carbocycles. The van der Waals surface area contributed by atoms with E-state index in [0.717, 1.165) is 6.42 Å². The monoisotopic (exact) mass is 343 g/mol. The van der Waals surface area contributed by atoms with Gasteiger partial charge in [0.1, 0.15) is 0 Å². The minimum atomic E-state index is -0.314. The predicted octanol–water partition coefficient (Wildman–Crippen LogP) is 4.37. The maximum absolute atomic E-state index is 12.4. The van der Waals surface area contributed by atoms with Gasteiger partial charge in [-0.15, -0.1) is 6.42 Å². The topological polar surface area (TPSA) is 47.6 Å². The summed E-state index contributed by atoms with van der Waals surface area (Å²) in [6, 6.07) is 10.2. The van der Waals surface area contributed by atoms with Gasteiger partial charge < -0.3 is 14.8 Å². The third-order valence-corrected chi connectivity index (χ3v) is 3.51. The van der Waals surface area contributed by atoms with Gasteiger partial charge >= 0.3 is 0 Å². The highest BCUT2D eigenvalue weighted by Gasteiger charge is 2.16. The van der Waals surface area contributed by atoms with Gasteiger partial charge in [-0.1, -0.05) is 30.5 Å². The van der Waals surface area contributed by atoms with Gasteiger partial charge in [-0.25, -0.2) is 0 Å². The number of hydrogen-bond acceptors (Lipinski definition) is 3. The van der Waals surface area contributed by atoms with E-state index in [2.05, 4.69) is 11.2 Å². The molecule has 2 aromatic carbocycles. The van der Waals surface area contributed by atoms with Gasteiger partial charge in [-0.3, -0.25) is 4.79 Å².